The van der Waals surface area contributed by atoms with Gasteiger partial charge in [0, 0.05) is 18.4 Å². The molecule has 19 heavy (non-hydrogen) atoms. The largest absolute Gasteiger partial charge is 0.392 e. The maximum absolute atomic E-state index is 13.1. The molecule has 3 atom stereocenters. The zero-order valence-corrected chi connectivity index (χ0v) is 11.0. The molecule has 1 saturated carbocycles. The number of halogens is 3. The van der Waals surface area contributed by atoms with Crippen molar-refractivity contribution in [1.29, 1.82) is 0 Å². The number of pyridine rings is 1. The summed E-state index contributed by atoms with van der Waals surface area (Å²) in [5.74, 6) is -1.81. The van der Waals surface area contributed by atoms with E-state index in [9.17, 15) is 13.2 Å². The topological polar surface area (TPSA) is 38.9 Å². The highest BCUT2D eigenvalue weighted by atomic mass is 19.4. The lowest BCUT2D eigenvalue weighted by Crippen LogP contribution is -2.39. The fourth-order valence-corrected chi connectivity index (χ4v) is 3.05. The molecule has 1 fully saturated rings. The molecule has 1 aliphatic rings. The van der Waals surface area contributed by atoms with E-state index in [2.05, 4.69) is 4.98 Å². The first-order chi connectivity index (χ1) is 8.91. The maximum Gasteiger partial charge on any atom is 0.392 e. The third-order valence-electron chi connectivity index (χ3n) is 4.14. The van der Waals surface area contributed by atoms with Gasteiger partial charge in [0.05, 0.1) is 5.92 Å². The van der Waals surface area contributed by atoms with Gasteiger partial charge in [-0.3, -0.25) is 4.98 Å². The zero-order chi connectivity index (χ0) is 14.0. The van der Waals surface area contributed by atoms with Gasteiger partial charge in [0.25, 0.3) is 0 Å². The molecule has 5 heteroatoms. The smallest absolute Gasteiger partial charge is 0.324 e. The van der Waals surface area contributed by atoms with E-state index >= 15 is 0 Å². The summed E-state index contributed by atoms with van der Waals surface area (Å²) in [6.45, 7) is 1.86. The lowest BCUT2D eigenvalue weighted by Gasteiger charge is -2.37. The van der Waals surface area contributed by atoms with Gasteiger partial charge in [-0.05, 0) is 42.9 Å². The van der Waals surface area contributed by atoms with Gasteiger partial charge in [0.2, 0.25) is 0 Å². The Morgan fingerprint density at radius 2 is 2.00 bits per heavy atom. The van der Waals surface area contributed by atoms with E-state index in [1.807, 2.05) is 6.92 Å². The van der Waals surface area contributed by atoms with Gasteiger partial charge in [0.15, 0.2) is 0 Å². The fraction of sp³-hybridized carbons (Fsp3) is 0.643. The monoisotopic (exact) mass is 272 g/mol. The predicted octanol–water partition coefficient (Wildman–Crippen LogP) is 3.76. The van der Waals surface area contributed by atoms with E-state index in [1.165, 1.54) is 0 Å². The minimum absolute atomic E-state index is 0.196. The van der Waals surface area contributed by atoms with Gasteiger partial charge in [-0.15, -0.1) is 0 Å². The van der Waals surface area contributed by atoms with Crippen LogP contribution in [0.5, 0.6) is 0 Å². The van der Waals surface area contributed by atoms with E-state index in [-0.39, 0.29) is 6.42 Å². The van der Waals surface area contributed by atoms with Crippen LogP contribution in [0, 0.1) is 18.8 Å². The average Bonchev–Trinajstić information content (AvgIpc) is 2.37. The summed E-state index contributed by atoms with van der Waals surface area (Å²) >= 11 is 0. The number of hydrogen-bond donors (Lipinski definition) is 1. The quantitative estimate of drug-likeness (QED) is 0.890. The molecule has 0 amide bonds. The van der Waals surface area contributed by atoms with Crippen molar-refractivity contribution in [1.82, 2.24) is 4.98 Å². The Balaban J connectivity index is 2.25. The molecule has 0 spiro atoms. The standard InChI is InChI=1S/C14H19F3N2/c1-9-6-7-19-8-11(9)13(18)10-4-2-3-5-12(10)14(15,16)17/h6-8,10,12-13H,2-5,18H2,1H3. The Bertz CT molecular complexity index is 431. The fourth-order valence-electron chi connectivity index (χ4n) is 3.05. The zero-order valence-electron chi connectivity index (χ0n) is 11.0. The molecule has 0 bridgehead atoms. The number of nitrogens with two attached hydrogens (primary N) is 1. The van der Waals surface area contributed by atoms with Gasteiger partial charge in [-0.2, -0.15) is 13.2 Å². The van der Waals surface area contributed by atoms with Gasteiger partial charge < -0.3 is 5.73 Å². The summed E-state index contributed by atoms with van der Waals surface area (Å²) in [6, 6.07) is 1.21. The van der Waals surface area contributed by atoms with Crippen LogP contribution in [0.15, 0.2) is 18.5 Å². The molecule has 1 aromatic heterocycles. The number of rotatable bonds is 2. The molecular weight excluding hydrogens is 253 g/mol. The van der Waals surface area contributed by atoms with Crippen LogP contribution in [-0.2, 0) is 0 Å². The van der Waals surface area contributed by atoms with Crippen LogP contribution in [0.3, 0.4) is 0 Å². The summed E-state index contributed by atoms with van der Waals surface area (Å²) < 4.78 is 39.3. The van der Waals surface area contributed by atoms with Crippen molar-refractivity contribution in [3.63, 3.8) is 0 Å². The molecule has 1 heterocycles. The normalized spacial score (nSPS) is 26.2. The first-order valence-electron chi connectivity index (χ1n) is 6.64. The minimum atomic E-state index is -4.15. The number of aryl methyl sites for hydroxylation is 1. The van der Waals surface area contributed by atoms with E-state index in [4.69, 9.17) is 5.73 Å². The Morgan fingerprint density at radius 3 is 2.63 bits per heavy atom. The van der Waals surface area contributed by atoms with E-state index < -0.39 is 24.1 Å². The molecule has 2 N–H and O–H groups in total. The number of hydrogen-bond acceptors (Lipinski definition) is 2. The van der Waals surface area contributed by atoms with E-state index in [0.29, 0.717) is 12.8 Å². The van der Waals surface area contributed by atoms with Crippen LogP contribution < -0.4 is 5.73 Å². The van der Waals surface area contributed by atoms with Gasteiger partial charge in [-0.25, -0.2) is 0 Å². The third-order valence-corrected chi connectivity index (χ3v) is 4.14. The van der Waals surface area contributed by atoms with Crippen LogP contribution in [0.2, 0.25) is 0 Å². The summed E-state index contributed by atoms with van der Waals surface area (Å²) in [4.78, 5) is 3.99. The SMILES string of the molecule is Cc1ccncc1C(N)C1CCCCC1C(F)(F)F. The first kappa shape index (κ1) is 14.3. The number of nitrogens with zero attached hydrogens (tertiary/aromatic N) is 1. The molecule has 106 valence electrons. The molecule has 0 saturated heterocycles. The maximum atomic E-state index is 13.1. The summed E-state index contributed by atoms with van der Waals surface area (Å²) in [7, 11) is 0. The second-order valence-corrected chi connectivity index (χ2v) is 5.35. The van der Waals surface area contributed by atoms with Crippen molar-refractivity contribution in [3.05, 3.63) is 29.6 Å². The lowest BCUT2D eigenvalue weighted by atomic mass is 9.73. The molecule has 2 nitrogen and oxygen atoms in total. The minimum Gasteiger partial charge on any atom is -0.324 e. The Hall–Kier alpha value is -1.10. The second-order valence-electron chi connectivity index (χ2n) is 5.35. The molecule has 0 aliphatic heterocycles. The van der Waals surface area contributed by atoms with Gasteiger partial charge >= 0.3 is 6.18 Å². The Kier molecular flexibility index (Phi) is 4.13. The molecule has 2 rings (SSSR count). The molecule has 1 aliphatic carbocycles. The molecule has 1 aromatic rings. The van der Waals surface area contributed by atoms with Gasteiger partial charge in [0.1, 0.15) is 0 Å². The Morgan fingerprint density at radius 1 is 1.32 bits per heavy atom. The highest BCUT2D eigenvalue weighted by Crippen LogP contribution is 2.45. The van der Waals surface area contributed by atoms with Crippen LogP contribution in [0.4, 0.5) is 13.2 Å². The highest BCUT2D eigenvalue weighted by Gasteiger charge is 2.47. The van der Waals surface area contributed by atoms with Crippen molar-refractivity contribution < 1.29 is 13.2 Å². The molecule has 3 unspecified atom stereocenters. The van der Waals surface area contributed by atoms with Gasteiger partial charge in [-0.1, -0.05) is 12.8 Å². The number of aromatic nitrogens is 1. The average molecular weight is 272 g/mol. The first-order valence-corrected chi connectivity index (χ1v) is 6.64. The van der Waals surface area contributed by atoms with E-state index in [1.54, 1.807) is 18.5 Å². The van der Waals surface area contributed by atoms with Crippen LogP contribution in [0.1, 0.15) is 42.9 Å². The summed E-state index contributed by atoms with van der Waals surface area (Å²) in [5, 5.41) is 0. The Labute approximate surface area is 111 Å². The molecule has 0 radical (unpaired) electrons. The van der Waals surface area contributed by atoms with Crippen molar-refractivity contribution in [2.24, 2.45) is 17.6 Å². The van der Waals surface area contributed by atoms with E-state index in [0.717, 1.165) is 17.5 Å². The van der Waals surface area contributed by atoms with Crippen molar-refractivity contribution in [2.75, 3.05) is 0 Å². The summed E-state index contributed by atoms with van der Waals surface area (Å²) in [5.41, 5.74) is 7.77. The van der Waals surface area contributed by atoms with Crippen molar-refractivity contribution in [2.45, 2.75) is 44.8 Å². The van der Waals surface area contributed by atoms with Crippen molar-refractivity contribution in [3.8, 4) is 0 Å². The summed E-state index contributed by atoms with van der Waals surface area (Å²) in [6.07, 6.45) is 1.28. The highest BCUT2D eigenvalue weighted by molar-refractivity contribution is 5.25. The van der Waals surface area contributed by atoms with Crippen LogP contribution >= 0.6 is 0 Å². The third kappa shape index (κ3) is 3.08. The molecular formula is C14H19F3N2. The van der Waals surface area contributed by atoms with Crippen LogP contribution in [0.25, 0.3) is 0 Å². The van der Waals surface area contributed by atoms with Crippen LogP contribution in [-0.4, -0.2) is 11.2 Å². The number of alkyl halides is 3. The molecule has 0 aromatic carbocycles. The predicted molar refractivity (Wildman–Crippen MR) is 67.4 cm³/mol. The second kappa shape index (κ2) is 5.49. The van der Waals surface area contributed by atoms with Crippen molar-refractivity contribution >= 4 is 0 Å². The lowest BCUT2D eigenvalue weighted by molar-refractivity contribution is -0.198.